The van der Waals surface area contributed by atoms with E-state index in [1.165, 1.54) is 37.4 Å². The van der Waals surface area contributed by atoms with Crippen LogP contribution in [0.4, 0.5) is 15.8 Å². The van der Waals surface area contributed by atoms with Gasteiger partial charge in [-0.15, -0.1) is 0 Å². The van der Waals surface area contributed by atoms with Crippen molar-refractivity contribution in [2.75, 3.05) is 23.3 Å². The minimum absolute atomic E-state index is 0.00751. The van der Waals surface area contributed by atoms with Crippen LogP contribution in [0, 0.1) is 11.7 Å². The van der Waals surface area contributed by atoms with Gasteiger partial charge in [-0.05, 0) is 90.6 Å². The second-order valence-corrected chi connectivity index (χ2v) is 13.5. The lowest BCUT2D eigenvalue weighted by atomic mass is 9.76. The van der Waals surface area contributed by atoms with Crippen molar-refractivity contribution in [3.05, 3.63) is 131 Å². The van der Waals surface area contributed by atoms with E-state index < -0.39 is 22.5 Å². The van der Waals surface area contributed by atoms with Crippen molar-refractivity contribution in [2.45, 2.75) is 30.2 Å². The molecule has 0 spiro atoms. The molecule has 1 amide bonds. The van der Waals surface area contributed by atoms with Crippen molar-refractivity contribution in [2.24, 2.45) is 11.0 Å². The number of allylic oxidation sites excluding steroid dienone is 2. The van der Waals surface area contributed by atoms with Crippen molar-refractivity contribution in [3.8, 4) is 5.75 Å². The lowest BCUT2D eigenvalue weighted by Gasteiger charge is -2.37. The first-order chi connectivity index (χ1) is 22.2. The Labute approximate surface area is 272 Å². The molecule has 3 unspecified atom stereocenters. The number of rotatable bonds is 9. The van der Waals surface area contributed by atoms with Gasteiger partial charge in [0.05, 0.1) is 29.4 Å². The van der Waals surface area contributed by atoms with E-state index in [2.05, 4.69) is 34.1 Å². The Balaban J connectivity index is 1.24. The van der Waals surface area contributed by atoms with Crippen LogP contribution >= 0.6 is 11.6 Å². The molecule has 8 nitrogen and oxygen atoms in total. The molecule has 0 saturated heterocycles. The summed E-state index contributed by atoms with van der Waals surface area (Å²) in [7, 11) is -2.77. The number of anilines is 2. The number of sulfonamides is 1. The van der Waals surface area contributed by atoms with Crippen LogP contribution in [0.25, 0.3) is 0 Å². The molecular weight excluding hydrogens is 627 g/mol. The fraction of sp³-hybridized carbons (Fsp3) is 0.200. The molecule has 2 aliphatic rings. The van der Waals surface area contributed by atoms with E-state index in [4.69, 9.17) is 16.3 Å². The molecule has 0 fully saturated rings. The first kappa shape index (κ1) is 31.3. The Morgan fingerprint density at radius 3 is 2.57 bits per heavy atom. The zero-order valence-electron chi connectivity index (χ0n) is 25.2. The summed E-state index contributed by atoms with van der Waals surface area (Å²) in [5.41, 5.74) is 7.14. The Bertz CT molecular complexity index is 1930. The zero-order chi connectivity index (χ0) is 32.4. The van der Waals surface area contributed by atoms with Crippen molar-refractivity contribution in [3.63, 3.8) is 0 Å². The van der Waals surface area contributed by atoms with Crippen LogP contribution in [-0.4, -0.2) is 33.7 Å². The predicted octanol–water partition coefficient (Wildman–Crippen LogP) is 7.05. The number of nitrogens with one attached hydrogen (secondary N) is 2. The van der Waals surface area contributed by atoms with E-state index in [9.17, 15) is 17.6 Å². The highest BCUT2D eigenvalue weighted by Gasteiger charge is 2.38. The average Bonchev–Trinajstić information content (AvgIpc) is 3.57. The maximum absolute atomic E-state index is 13.7. The third-order valence-electron chi connectivity index (χ3n) is 8.39. The Hall–Kier alpha value is -4.67. The summed E-state index contributed by atoms with van der Waals surface area (Å²) in [5, 5.41) is 8.25. The molecule has 46 heavy (non-hydrogen) atoms. The van der Waals surface area contributed by atoms with Crippen molar-refractivity contribution in [1.29, 1.82) is 0 Å². The second-order valence-electron chi connectivity index (χ2n) is 11.2. The quantitative estimate of drug-likeness (QED) is 0.114. The van der Waals surface area contributed by atoms with Crippen LogP contribution in [0.3, 0.4) is 0 Å². The fourth-order valence-electron chi connectivity index (χ4n) is 6.07. The molecule has 1 heterocycles. The van der Waals surface area contributed by atoms with Crippen LogP contribution in [0.2, 0.25) is 5.02 Å². The van der Waals surface area contributed by atoms with Crippen LogP contribution < -0.4 is 19.8 Å². The number of benzene rings is 4. The van der Waals surface area contributed by atoms with Crippen molar-refractivity contribution >= 4 is 44.6 Å². The van der Waals surface area contributed by atoms with E-state index in [1.54, 1.807) is 37.3 Å². The number of hydrogen-bond acceptors (Lipinski definition) is 6. The SMILES string of the molecule is COc1ccc(Cl)cc1N(CC(=O)NN=C(C)c1ccc2c(c1)C1C=CCC1C(c1ccc(F)cc1)N2)S(=O)(=O)c1ccccc1. The maximum Gasteiger partial charge on any atom is 0.264 e. The third-order valence-corrected chi connectivity index (χ3v) is 10.4. The summed E-state index contributed by atoms with van der Waals surface area (Å²) in [6.45, 7) is 1.21. The number of carbonyl (C=O) groups excluding carboxylic acids is 1. The number of nitrogens with zero attached hydrogens (tertiary/aromatic N) is 2. The summed E-state index contributed by atoms with van der Waals surface area (Å²) < 4.78 is 47.5. The smallest absolute Gasteiger partial charge is 0.264 e. The first-order valence-electron chi connectivity index (χ1n) is 14.7. The number of fused-ring (bicyclic) bond motifs is 3. The number of methoxy groups -OCH3 is 1. The van der Waals surface area contributed by atoms with Gasteiger partial charge in [-0.1, -0.05) is 60.2 Å². The van der Waals surface area contributed by atoms with Gasteiger partial charge in [0, 0.05) is 16.6 Å². The molecule has 236 valence electrons. The fourth-order valence-corrected chi connectivity index (χ4v) is 7.68. The second kappa shape index (κ2) is 13.0. The maximum atomic E-state index is 13.7. The molecule has 0 bridgehead atoms. The van der Waals surface area contributed by atoms with E-state index in [0.29, 0.717) is 5.71 Å². The van der Waals surface area contributed by atoms with Crippen LogP contribution in [0.15, 0.2) is 113 Å². The highest BCUT2D eigenvalue weighted by Crippen LogP contribution is 2.50. The molecule has 0 saturated carbocycles. The molecule has 1 aliphatic carbocycles. The lowest BCUT2D eigenvalue weighted by molar-refractivity contribution is -0.119. The summed E-state index contributed by atoms with van der Waals surface area (Å²) in [5.74, 6) is -0.243. The topological polar surface area (TPSA) is 100 Å². The molecule has 1 aliphatic heterocycles. The number of carbonyl (C=O) groups is 1. The zero-order valence-corrected chi connectivity index (χ0v) is 26.7. The Kier molecular flexibility index (Phi) is 8.84. The minimum Gasteiger partial charge on any atom is -0.495 e. The molecule has 11 heteroatoms. The largest absolute Gasteiger partial charge is 0.495 e. The summed E-state index contributed by atoms with van der Waals surface area (Å²) in [6, 6.07) is 25.0. The standard InChI is InChI=1S/C35H32ClFN4O4S/c1-22(24-13-17-31-30(19-24)28-9-6-10-29(28)35(38-31)23-11-15-26(37)16-12-23)39-40-34(42)21-41(32-20-25(36)14-18-33(32)45-2)46(43,44)27-7-4-3-5-8-27/h3-9,11-20,28-29,35,38H,10,21H2,1-2H3,(H,40,42). The van der Waals surface area contributed by atoms with E-state index in [-0.39, 0.29) is 45.0 Å². The molecule has 0 radical (unpaired) electrons. The lowest BCUT2D eigenvalue weighted by Crippen LogP contribution is -2.40. The van der Waals surface area contributed by atoms with Gasteiger partial charge in [0.2, 0.25) is 0 Å². The number of halogens is 2. The molecular formula is C35H32ClFN4O4S. The molecule has 4 aromatic rings. The van der Waals surface area contributed by atoms with Gasteiger partial charge in [-0.3, -0.25) is 9.10 Å². The van der Waals surface area contributed by atoms with Gasteiger partial charge >= 0.3 is 0 Å². The first-order valence-corrected chi connectivity index (χ1v) is 16.5. The minimum atomic E-state index is -4.18. The van der Waals surface area contributed by atoms with Gasteiger partial charge in [0.15, 0.2) is 0 Å². The predicted molar refractivity (Wildman–Crippen MR) is 179 cm³/mol. The monoisotopic (exact) mass is 658 g/mol. The summed E-state index contributed by atoms with van der Waals surface area (Å²) in [4.78, 5) is 13.3. The Morgan fingerprint density at radius 1 is 1.07 bits per heavy atom. The van der Waals surface area contributed by atoms with Gasteiger partial charge < -0.3 is 10.1 Å². The number of hydrogen-bond donors (Lipinski definition) is 2. The van der Waals surface area contributed by atoms with E-state index in [1.807, 2.05) is 24.3 Å². The van der Waals surface area contributed by atoms with E-state index in [0.717, 1.165) is 33.1 Å². The normalized spacial score (nSPS) is 18.7. The van der Waals surface area contributed by atoms with E-state index >= 15 is 0 Å². The van der Waals surface area contributed by atoms with Gasteiger partial charge in [0.25, 0.3) is 15.9 Å². The molecule has 3 atom stereocenters. The van der Waals surface area contributed by atoms with Crippen molar-refractivity contribution < 1.29 is 22.3 Å². The van der Waals surface area contributed by atoms with Crippen LogP contribution in [0.5, 0.6) is 5.75 Å². The average molecular weight is 659 g/mol. The summed E-state index contributed by atoms with van der Waals surface area (Å²) in [6.07, 6.45) is 5.29. The molecule has 2 N–H and O–H groups in total. The highest BCUT2D eigenvalue weighted by atomic mass is 35.5. The van der Waals surface area contributed by atoms with Gasteiger partial charge in [0.1, 0.15) is 18.1 Å². The third kappa shape index (κ3) is 6.23. The number of hydrazone groups is 1. The summed E-state index contributed by atoms with van der Waals surface area (Å²) >= 11 is 6.23. The number of ether oxygens (including phenoxy) is 1. The highest BCUT2D eigenvalue weighted by molar-refractivity contribution is 7.92. The molecule has 4 aromatic carbocycles. The van der Waals surface area contributed by atoms with Crippen molar-refractivity contribution in [1.82, 2.24) is 5.43 Å². The molecule has 6 rings (SSSR count). The van der Waals surface area contributed by atoms with Gasteiger partial charge in [-0.2, -0.15) is 5.10 Å². The molecule has 0 aromatic heterocycles. The van der Waals surface area contributed by atoms with Crippen LogP contribution in [-0.2, 0) is 14.8 Å². The number of amides is 1. The Morgan fingerprint density at radius 2 is 1.83 bits per heavy atom. The van der Waals surface area contributed by atoms with Crippen LogP contribution in [0.1, 0.15) is 42.0 Å². The van der Waals surface area contributed by atoms with Gasteiger partial charge in [-0.25, -0.2) is 18.2 Å².